The number of hydrogen-bond donors (Lipinski definition) is 3. The van der Waals surface area contributed by atoms with Crippen LogP contribution < -0.4 is 16.0 Å². The van der Waals surface area contributed by atoms with Crippen LogP contribution in [-0.2, 0) is 0 Å². The quantitative estimate of drug-likeness (QED) is 0.649. The number of aryl methyl sites for hydroxylation is 1. The minimum Gasteiger partial charge on any atom is -0.341 e. The Morgan fingerprint density at radius 3 is 2.15 bits per heavy atom. The van der Waals surface area contributed by atoms with Gasteiger partial charge in [0.1, 0.15) is 10.7 Å². The fourth-order valence-electron chi connectivity index (χ4n) is 2.23. The molecular weight excluding hydrogens is 348 g/mol. The maximum Gasteiger partial charge on any atom is 0.318 e. The van der Waals surface area contributed by atoms with Gasteiger partial charge in [-0.1, -0.05) is 29.8 Å². The molecule has 26 heavy (non-hydrogen) atoms. The van der Waals surface area contributed by atoms with Crippen molar-refractivity contribution in [3.63, 3.8) is 0 Å². The van der Waals surface area contributed by atoms with Crippen molar-refractivity contribution in [2.24, 2.45) is 0 Å². The van der Waals surface area contributed by atoms with Crippen LogP contribution in [0.5, 0.6) is 0 Å². The Labute approximate surface area is 155 Å². The Bertz CT molecular complexity index is 917. The van der Waals surface area contributed by atoms with Gasteiger partial charge in [-0.15, -0.1) is 11.3 Å². The van der Waals surface area contributed by atoms with Crippen LogP contribution in [0.4, 0.5) is 16.2 Å². The Balaban J connectivity index is 1.66. The smallest absolute Gasteiger partial charge is 0.318 e. The van der Waals surface area contributed by atoms with Gasteiger partial charge in [-0.25, -0.2) is 9.78 Å². The molecule has 7 heteroatoms. The first-order chi connectivity index (χ1) is 12.5. The number of anilines is 2. The summed E-state index contributed by atoms with van der Waals surface area (Å²) < 4.78 is 0. The maximum absolute atomic E-state index is 12.4. The monoisotopic (exact) mass is 366 g/mol. The molecule has 0 radical (unpaired) electrons. The lowest BCUT2D eigenvalue weighted by Crippen LogP contribution is -2.24. The highest BCUT2D eigenvalue weighted by Gasteiger charge is 2.12. The molecule has 0 saturated carbocycles. The highest BCUT2D eigenvalue weighted by atomic mass is 32.1. The molecule has 0 bridgehead atoms. The van der Waals surface area contributed by atoms with Gasteiger partial charge in [-0.2, -0.15) is 0 Å². The van der Waals surface area contributed by atoms with Gasteiger partial charge < -0.3 is 16.0 Å². The Hall–Kier alpha value is -3.19. The van der Waals surface area contributed by atoms with E-state index in [9.17, 15) is 9.59 Å². The first kappa shape index (κ1) is 17.6. The number of thiazole rings is 1. The predicted molar refractivity (Wildman–Crippen MR) is 105 cm³/mol. The van der Waals surface area contributed by atoms with Crippen LogP contribution in [0.15, 0.2) is 53.9 Å². The molecule has 0 fully saturated rings. The molecule has 132 valence electrons. The van der Waals surface area contributed by atoms with Crippen molar-refractivity contribution >= 4 is 34.6 Å². The Kier molecular flexibility index (Phi) is 5.28. The lowest BCUT2D eigenvalue weighted by molar-refractivity contribution is 0.102. The van der Waals surface area contributed by atoms with Crippen molar-refractivity contribution in [1.82, 2.24) is 10.3 Å². The number of urea groups is 1. The van der Waals surface area contributed by atoms with Gasteiger partial charge in [0, 0.05) is 29.4 Å². The third kappa shape index (κ3) is 4.25. The van der Waals surface area contributed by atoms with E-state index in [4.69, 9.17) is 0 Å². The average molecular weight is 366 g/mol. The summed E-state index contributed by atoms with van der Waals surface area (Å²) >= 11 is 1.43. The molecule has 0 aliphatic rings. The van der Waals surface area contributed by atoms with Crippen molar-refractivity contribution in [2.75, 3.05) is 17.7 Å². The normalized spacial score (nSPS) is 10.2. The second-order valence-corrected chi connectivity index (χ2v) is 6.50. The van der Waals surface area contributed by atoms with E-state index in [1.54, 1.807) is 36.7 Å². The summed E-state index contributed by atoms with van der Waals surface area (Å²) in [4.78, 5) is 28.1. The lowest BCUT2D eigenvalue weighted by Gasteiger charge is -2.06. The summed E-state index contributed by atoms with van der Waals surface area (Å²) in [5.41, 5.74) is 3.81. The Morgan fingerprint density at radius 2 is 1.54 bits per heavy atom. The molecule has 0 aliphatic heterocycles. The third-order valence-electron chi connectivity index (χ3n) is 3.66. The fraction of sp³-hybridized carbons (Fsp3) is 0.105. The molecule has 0 unspecified atom stereocenters. The number of carbonyl (C=O) groups excluding carboxylic acids is 2. The zero-order valence-electron chi connectivity index (χ0n) is 14.4. The molecule has 3 amide bonds. The zero-order valence-corrected chi connectivity index (χ0v) is 15.2. The lowest BCUT2D eigenvalue weighted by atomic mass is 10.2. The molecule has 0 atom stereocenters. The van der Waals surface area contributed by atoms with Gasteiger partial charge in [-0.3, -0.25) is 4.79 Å². The molecule has 0 saturated heterocycles. The van der Waals surface area contributed by atoms with Crippen LogP contribution in [0.2, 0.25) is 0 Å². The number of nitrogens with one attached hydrogen (secondary N) is 3. The summed E-state index contributed by atoms with van der Waals surface area (Å²) in [7, 11) is 1.54. The zero-order chi connectivity index (χ0) is 18.5. The topological polar surface area (TPSA) is 83.1 Å². The van der Waals surface area contributed by atoms with Crippen LogP contribution in [0.3, 0.4) is 0 Å². The number of amides is 3. The second kappa shape index (κ2) is 7.79. The molecule has 0 aliphatic carbocycles. The summed E-state index contributed by atoms with van der Waals surface area (Å²) in [6.45, 7) is 2.03. The van der Waals surface area contributed by atoms with E-state index in [1.807, 2.05) is 31.2 Å². The summed E-state index contributed by atoms with van der Waals surface area (Å²) in [6, 6.07) is 14.6. The summed E-state index contributed by atoms with van der Waals surface area (Å²) in [5, 5.41) is 10.5. The van der Waals surface area contributed by atoms with Crippen LogP contribution in [-0.4, -0.2) is 24.0 Å². The third-order valence-corrected chi connectivity index (χ3v) is 4.55. The van der Waals surface area contributed by atoms with Gasteiger partial charge in [0.25, 0.3) is 5.91 Å². The van der Waals surface area contributed by atoms with Gasteiger partial charge in [0.15, 0.2) is 0 Å². The van der Waals surface area contributed by atoms with Gasteiger partial charge in [0.2, 0.25) is 0 Å². The van der Waals surface area contributed by atoms with Crippen molar-refractivity contribution < 1.29 is 9.59 Å². The van der Waals surface area contributed by atoms with E-state index in [0.717, 1.165) is 10.6 Å². The molecular formula is C19H18N4O2S. The number of hydrogen-bond acceptors (Lipinski definition) is 4. The van der Waals surface area contributed by atoms with Crippen LogP contribution >= 0.6 is 11.3 Å². The SMILES string of the molecule is CNC(=O)Nc1ccc(NC(=O)c2csc(-c3ccc(C)cc3)n2)cc1. The van der Waals surface area contributed by atoms with Gasteiger partial charge in [0.05, 0.1) is 0 Å². The molecule has 3 N–H and O–H groups in total. The van der Waals surface area contributed by atoms with E-state index in [0.29, 0.717) is 17.1 Å². The molecule has 1 heterocycles. The van der Waals surface area contributed by atoms with Gasteiger partial charge >= 0.3 is 6.03 Å². The second-order valence-electron chi connectivity index (χ2n) is 5.64. The van der Waals surface area contributed by atoms with Crippen molar-refractivity contribution in [3.8, 4) is 10.6 Å². The molecule has 0 spiro atoms. The summed E-state index contributed by atoms with van der Waals surface area (Å²) in [5.74, 6) is -0.272. The van der Waals surface area contributed by atoms with E-state index in [1.165, 1.54) is 16.9 Å². The Morgan fingerprint density at radius 1 is 0.923 bits per heavy atom. The van der Waals surface area contributed by atoms with E-state index in [-0.39, 0.29) is 11.9 Å². The summed E-state index contributed by atoms with van der Waals surface area (Å²) in [6.07, 6.45) is 0. The van der Waals surface area contributed by atoms with Crippen LogP contribution in [0, 0.1) is 6.92 Å². The first-order valence-corrected chi connectivity index (χ1v) is 8.86. The highest BCUT2D eigenvalue weighted by molar-refractivity contribution is 7.13. The van der Waals surface area contributed by atoms with Crippen molar-refractivity contribution in [3.05, 3.63) is 65.2 Å². The molecule has 1 aromatic heterocycles. The minimum atomic E-state index is -0.298. The standard InChI is InChI=1S/C19H18N4O2S/c1-12-3-5-13(6-4-12)18-23-16(11-26-18)17(24)21-14-7-9-15(10-8-14)22-19(25)20-2/h3-11H,1-2H3,(H,21,24)(H2,20,22,25). The number of benzene rings is 2. The number of nitrogens with zero attached hydrogens (tertiary/aromatic N) is 1. The average Bonchev–Trinajstić information content (AvgIpc) is 3.14. The number of rotatable bonds is 4. The fourth-order valence-corrected chi connectivity index (χ4v) is 3.04. The van der Waals surface area contributed by atoms with Crippen molar-refractivity contribution in [1.29, 1.82) is 0 Å². The van der Waals surface area contributed by atoms with E-state index in [2.05, 4.69) is 20.9 Å². The molecule has 3 aromatic rings. The molecule has 2 aromatic carbocycles. The minimum absolute atomic E-state index is 0.272. The van der Waals surface area contributed by atoms with Crippen LogP contribution in [0.25, 0.3) is 10.6 Å². The van der Waals surface area contributed by atoms with E-state index >= 15 is 0 Å². The maximum atomic E-state index is 12.4. The first-order valence-electron chi connectivity index (χ1n) is 7.98. The van der Waals surface area contributed by atoms with E-state index < -0.39 is 0 Å². The molecule has 3 rings (SSSR count). The number of carbonyl (C=O) groups is 2. The van der Waals surface area contributed by atoms with Crippen molar-refractivity contribution in [2.45, 2.75) is 6.92 Å². The molecule has 6 nitrogen and oxygen atoms in total. The largest absolute Gasteiger partial charge is 0.341 e. The number of aromatic nitrogens is 1. The van der Waals surface area contributed by atoms with Gasteiger partial charge in [-0.05, 0) is 31.2 Å². The predicted octanol–water partition coefficient (Wildman–Crippen LogP) is 4.12. The van der Waals surface area contributed by atoms with Crippen LogP contribution in [0.1, 0.15) is 16.1 Å². The highest BCUT2D eigenvalue weighted by Crippen LogP contribution is 2.24.